The van der Waals surface area contributed by atoms with E-state index in [0.717, 1.165) is 23.8 Å². The SMILES string of the molecule is CCc1cccc(-c2c(Cl)cccc2[C@](O)(CCC=O)C2CN(C(=O)O)CCO2)c1. The first-order valence-corrected chi connectivity index (χ1v) is 10.4. The largest absolute Gasteiger partial charge is 0.465 e. The fourth-order valence-electron chi connectivity index (χ4n) is 3.99. The highest BCUT2D eigenvalue weighted by atomic mass is 35.5. The number of aryl methyl sites for hydroxylation is 1. The first-order valence-electron chi connectivity index (χ1n) is 10.0. The van der Waals surface area contributed by atoms with Crippen molar-refractivity contribution in [2.24, 2.45) is 0 Å². The Kier molecular flexibility index (Phi) is 7.13. The van der Waals surface area contributed by atoms with Crippen LogP contribution in [0.15, 0.2) is 42.5 Å². The van der Waals surface area contributed by atoms with E-state index in [4.69, 9.17) is 16.3 Å². The van der Waals surface area contributed by atoms with Gasteiger partial charge in [0.05, 0.1) is 13.2 Å². The number of amides is 1. The molecule has 160 valence electrons. The number of benzene rings is 2. The molecule has 0 aliphatic carbocycles. The van der Waals surface area contributed by atoms with E-state index in [-0.39, 0.29) is 32.5 Å². The fraction of sp³-hybridized carbons (Fsp3) is 0.391. The molecule has 1 saturated heterocycles. The van der Waals surface area contributed by atoms with Gasteiger partial charge in [-0.25, -0.2) is 4.79 Å². The maximum Gasteiger partial charge on any atom is 0.407 e. The van der Waals surface area contributed by atoms with Crippen molar-refractivity contribution >= 4 is 24.0 Å². The van der Waals surface area contributed by atoms with Crippen molar-refractivity contribution in [2.75, 3.05) is 19.7 Å². The van der Waals surface area contributed by atoms with Gasteiger partial charge >= 0.3 is 6.09 Å². The molecule has 2 atom stereocenters. The second-order valence-corrected chi connectivity index (χ2v) is 7.84. The van der Waals surface area contributed by atoms with Crippen LogP contribution >= 0.6 is 11.6 Å². The summed E-state index contributed by atoms with van der Waals surface area (Å²) in [5, 5.41) is 21.8. The van der Waals surface area contributed by atoms with Gasteiger partial charge < -0.3 is 24.6 Å². The lowest BCUT2D eigenvalue weighted by molar-refractivity contribution is -0.148. The van der Waals surface area contributed by atoms with E-state index >= 15 is 0 Å². The third-order valence-electron chi connectivity index (χ3n) is 5.62. The Morgan fingerprint density at radius 1 is 1.33 bits per heavy atom. The lowest BCUT2D eigenvalue weighted by Crippen LogP contribution is -2.54. The Bertz CT molecular complexity index is 918. The Labute approximate surface area is 181 Å². The molecule has 2 aromatic carbocycles. The standard InChI is InChI=1S/C23H26ClNO5/c1-2-16-6-3-7-17(14-16)21-18(8-4-9-19(21)24)23(29,10-5-12-26)20-15-25(22(27)28)11-13-30-20/h3-4,6-9,12,14,20,29H,2,5,10-11,13,15H2,1H3,(H,27,28)/t20?,23-/m1/s1. The quantitative estimate of drug-likeness (QED) is 0.644. The van der Waals surface area contributed by atoms with Crippen LogP contribution < -0.4 is 0 Å². The maximum absolute atomic E-state index is 11.9. The van der Waals surface area contributed by atoms with Crippen molar-refractivity contribution in [1.82, 2.24) is 4.90 Å². The molecule has 0 spiro atoms. The molecule has 7 heteroatoms. The molecule has 0 aromatic heterocycles. The lowest BCUT2D eigenvalue weighted by atomic mass is 9.79. The van der Waals surface area contributed by atoms with Gasteiger partial charge in [0.2, 0.25) is 0 Å². The molecule has 0 radical (unpaired) electrons. The maximum atomic E-state index is 11.9. The summed E-state index contributed by atoms with van der Waals surface area (Å²) in [5.41, 5.74) is 1.59. The van der Waals surface area contributed by atoms with Crippen LogP contribution in [0.2, 0.25) is 5.02 Å². The second kappa shape index (κ2) is 9.60. The molecule has 1 unspecified atom stereocenters. The van der Waals surface area contributed by atoms with Crippen LogP contribution in [0.4, 0.5) is 4.79 Å². The molecule has 0 bridgehead atoms. The number of carbonyl (C=O) groups is 2. The summed E-state index contributed by atoms with van der Waals surface area (Å²) in [5.74, 6) is 0. The Hall–Kier alpha value is -2.41. The van der Waals surface area contributed by atoms with Gasteiger partial charge in [0.1, 0.15) is 18.0 Å². The average Bonchev–Trinajstić information content (AvgIpc) is 2.77. The van der Waals surface area contributed by atoms with Crippen molar-refractivity contribution in [3.63, 3.8) is 0 Å². The molecule has 1 heterocycles. The summed E-state index contributed by atoms with van der Waals surface area (Å²) >= 11 is 6.59. The third kappa shape index (κ3) is 4.51. The minimum Gasteiger partial charge on any atom is -0.465 e. The number of halogens is 1. The van der Waals surface area contributed by atoms with E-state index in [0.29, 0.717) is 16.1 Å². The number of carboxylic acid groups (broad SMARTS) is 1. The molecule has 0 saturated carbocycles. The van der Waals surface area contributed by atoms with E-state index in [1.165, 1.54) is 4.90 Å². The van der Waals surface area contributed by atoms with Gasteiger partial charge in [0, 0.05) is 23.6 Å². The summed E-state index contributed by atoms with van der Waals surface area (Å²) < 4.78 is 5.84. The summed E-state index contributed by atoms with van der Waals surface area (Å²) in [6.45, 7) is 2.47. The van der Waals surface area contributed by atoms with E-state index in [2.05, 4.69) is 6.92 Å². The van der Waals surface area contributed by atoms with Crippen LogP contribution in [0, 0.1) is 0 Å². The highest BCUT2D eigenvalue weighted by Gasteiger charge is 2.44. The van der Waals surface area contributed by atoms with Crippen LogP contribution in [0.5, 0.6) is 0 Å². The van der Waals surface area contributed by atoms with E-state index in [1.54, 1.807) is 18.2 Å². The zero-order chi connectivity index (χ0) is 21.7. The van der Waals surface area contributed by atoms with Gasteiger partial charge in [-0.2, -0.15) is 0 Å². The van der Waals surface area contributed by atoms with Crippen LogP contribution in [0.3, 0.4) is 0 Å². The predicted octanol–water partition coefficient (Wildman–Crippen LogP) is 4.11. The van der Waals surface area contributed by atoms with Gasteiger partial charge in [-0.1, -0.05) is 54.9 Å². The van der Waals surface area contributed by atoms with Gasteiger partial charge in [-0.05, 0) is 35.6 Å². The summed E-state index contributed by atoms with van der Waals surface area (Å²) in [7, 11) is 0. The molecular formula is C23H26ClNO5. The first-order chi connectivity index (χ1) is 14.4. The van der Waals surface area contributed by atoms with Crippen molar-refractivity contribution in [3.05, 3.63) is 58.6 Å². The Morgan fingerprint density at radius 2 is 2.10 bits per heavy atom. The third-order valence-corrected chi connectivity index (χ3v) is 5.93. The topological polar surface area (TPSA) is 87.1 Å². The summed E-state index contributed by atoms with van der Waals surface area (Å²) in [6.07, 6.45) is -0.107. The lowest BCUT2D eigenvalue weighted by Gasteiger charge is -2.42. The second-order valence-electron chi connectivity index (χ2n) is 7.43. The number of nitrogens with zero attached hydrogens (tertiary/aromatic N) is 1. The molecule has 1 amide bonds. The minimum atomic E-state index is -1.59. The van der Waals surface area contributed by atoms with Gasteiger partial charge in [0.15, 0.2) is 0 Å². The minimum absolute atomic E-state index is 0.00560. The van der Waals surface area contributed by atoms with Crippen LogP contribution in [0.25, 0.3) is 11.1 Å². The van der Waals surface area contributed by atoms with Crippen LogP contribution in [0.1, 0.15) is 30.9 Å². The number of aliphatic hydroxyl groups is 1. The van der Waals surface area contributed by atoms with Crippen molar-refractivity contribution in [3.8, 4) is 11.1 Å². The number of aldehydes is 1. The Balaban J connectivity index is 2.13. The van der Waals surface area contributed by atoms with Gasteiger partial charge in [-0.3, -0.25) is 0 Å². The monoisotopic (exact) mass is 431 g/mol. The number of hydrogen-bond donors (Lipinski definition) is 2. The number of ether oxygens (including phenoxy) is 1. The van der Waals surface area contributed by atoms with E-state index in [1.807, 2.05) is 24.3 Å². The molecule has 2 aromatic rings. The molecule has 1 aliphatic heterocycles. The fourth-order valence-corrected chi connectivity index (χ4v) is 4.27. The highest BCUT2D eigenvalue weighted by Crippen LogP contribution is 2.42. The molecule has 2 N–H and O–H groups in total. The number of morpholine rings is 1. The molecule has 30 heavy (non-hydrogen) atoms. The first kappa shape index (κ1) is 22.3. The average molecular weight is 432 g/mol. The van der Waals surface area contributed by atoms with Crippen LogP contribution in [-0.2, 0) is 21.6 Å². The summed E-state index contributed by atoms with van der Waals surface area (Å²) in [4.78, 5) is 23.9. The Morgan fingerprint density at radius 3 is 2.80 bits per heavy atom. The predicted molar refractivity (Wildman–Crippen MR) is 115 cm³/mol. The van der Waals surface area contributed by atoms with Crippen molar-refractivity contribution in [2.45, 2.75) is 37.9 Å². The van der Waals surface area contributed by atoms with Gasteiger partial charge in [0.25, 0.3) is 0 Å². The molecule has 6 nitrogen and oxygen atoms in total. The number of hydrogen-bond acceptors (Lipinski definition) is 4. The van der Waals surface area contributed by atoms with E-state index in [9.17, 15) is 19.8 Å². The molecular weight excluding hydrogens is 406 g/mol. The zero-order valence-electron chi connectivity index (χ0n) is 16.9. The molecule has 1 fully saturated rings. The van der Waals surface area contributed by atoms with Crippen LogP contribution in [-0.4, -0.2) is 53.3 Å². The normalized spacial score (nSPS) is 18.6. The number of rotatable bonds is 7. The highest BCUT2D eigenvalue weighted by molar-refractivity contribution is 6.33. The number of carbonyl (C=O) groups excluding carboxylic acids is 1. The zero-order valence-corrected chi connectivity index (χ0v) is 17.6. The molecule has 3 rings (SSSR count). The molecule has 1 aliphatic rings. The van der Waals surface area contributed by atoms with Crippen molar-refractivity contribution < 1.29 is 24.5 Å². The van der Waals surface area contributed by atoms with Gasteiger partial charge in [-0.15, -0.1) is 0 Å². The van der Waals surface area contributed by atoms with Crippen molar-refractivity contribution in [1.29, 1.82) is 0 Å². The summed E-state index contributed by atoms with van der Waals surface area (Å²) in [6, 6.07) is 13.2. The smallest absolute Gasteiger partial charge is 0.407 e. The van der Waals surface area contributed by atoms with E-state index < -0.39 is 17.8 Å².